The van der Waals surface area contributed by atoms with Crippen molar-refractivity contribution in [2.24, 2.45) is 0 Å². The standard InChI is InChI=1S/C18H24Cl2N2O5/c1-18(2,3)27-17(25)21-14(16(23)24)10-11-8-12(19)15(13(20)9-11)22-4-6-26-7-5-22/h8-9,14H,4-7,10H2,1-3H3,(H,21,25)(H,23,24). The lowest BCUT2D eigenvalue weighted by molar-refractivity contribution is -0.139. The number of ether oxygens (including phenoxy) is 2. The summed E-state index contributed by atoms with van der Waals surface area (Å²) in [6.45, 7) is 7.64. The molecule has 1 aliphatic rings. The van der Waals surface area contributed by atoms with Crippen LogP contribution in [0.2, 0.25) is 10.0 Å². The van der Waals surface area contributed by atoms with Gasteiger partial charge in [-0.2, -0.15) is 0 Å². The number of rotatable bonds is 5. The number of nitrogens with zero attached hydrogens (tertiary/aromatic N) is 1. The molecule has 0 bridgehead atoms. The summed E-state index contributed by atoms with van der Waals surface area (Å²) in [7, 11) is 0. The molecule has 0 aromatic heterocycles. The van der Waals surface area contributed by atoms with Crippen molar-refractivity contribution in [3.63, 3.8) is 0 Å². The highest BCUT2D eigenvalue weighted by atomic mass is 35.5. The van der Waals surface area contributed by atoms with Gasteiger partial charge in [-0.1, -0.05) is 23.2 Å². The number of halogens is 2. The van der Waals surface area contributed by atoms with E-state index in [9.17, 15) is 14.7 Å². The van der Waals surface area contributed by atoms with Crippen LogP contribution in [0.4, 0.5) is 10.5 Å². The molecule has 1 amide bonds. The summed E-state index contributed by atoms with van der Waals surface area (Å²) < 4.78 is 10.4. The topological polar surface area (TPSA) is 88.1 Å². The van der Waals surface area contributed by atoms with Crippen molar-refractivity contribution >= 4 is 41.0 Å². The zero-order valence-electron chi connectivity index (χ0n) is 15.6. The van der Waals surface area contributed by atoms with Gasteiger partial charge in [0.25, 0.3) is 0 Å². The summed E-state index contributed by atoms with van der Waals surface area (Å²) in [5.41, 5.74) is 0.586. The molecule has 150 valence electrons. The quantitative estimate of drug-likeness (QED) is 0.761. The molecule has 1 aromatic rings. The van der Waals surface area contributed by atoms with Crippen LogP contribution in [-0.2, 0) is 20.7 Å². The number of alkyl carbamates (subject to hydrolysis) is 1. The molecule has 0 aliphatic carbocycles. The van der Waals surface area contributed by atoms with Gasteiger partial charge in [0.15, 0.2) is 0 Å². The van der Waals surface area contributed by atoms with Crippen LogP contribution in [0.3, 0.4) is 0 Å². The van der Waals surface area contributed by atoms with Crippen LogP contribution in [0.25, 0.3) is 0 Å². The Morgan fingerprint density at radius 2 is 1.81 bits per heavy atom. The molecule has 2 N–H and O–H groups in total. The number of nitrogens with one attached hydrogen (secondary N) is 1. The first kappa shape index (κ1) is 21.6. The number of anilines is 1. The van der Waals surface area contributed by atoms with Crippen LogP contribution in [0, 0.1) is 0 Å². The zero-order valence-corrected chi connectivity index (χ0v) is 17.1. The number of aliphatic carboxylic acids is 1. The van der Waals surface area contributed by atoms with Crippen molar-refractivity contribution in [3.05, 3.63) is 27.7 Å². The normalized spacial score (nSPS) is 16.0. The number of hydrogen-bond acceptors (Lipinski definition) is 5. The van der Waals surface area contributed by atoms with Gasteiger partial charge in [-0.15, -0.1) is 0 Å². The minimum absolute atomic E-state index is 0.0252. The van der Waals surface area contributed by atoms with Gasteiger partial charge in [-0.25, -0.2) is 9.59 Å². The second-order valence-corrected chi connectivity index (χ2v) is 8.06. The third-order valence-corrected chi connectivity index (χ3v) is 4.41. The Balaban J connectivity index is 2.14. The first-order valence-electron chi connectivity index (χ1n) is 8.60. The Bertz CT molecular complexity index is 676. The zero-order chi connectivity index (χ0) is 20.2. The molecule has 0 saturated carbocycles. The number of carboxylic acids is 1. The SMILES string of the molecule is CC(C)(C)OC(=O)NC(Cc1cc(Cl)c(N2CCOCC2)c(Cl)c1)C(=O)O. The van der Waals surface area contributed by atoms with Crippen LogP contribution in [0.5, 0.6) is 0 Å². The number of morpholine rings is 1. The number of carboxylic acid groups (broad SMARTS) is 1. The monoisotopic (exact) mass is 418 g/mol. The predicted molar refractivity (Wildman–Crippen MR) is 104 cm³/mol. The number of hydrogen-bond donors (Lipinski definition) is 2. The Labute approximate surface area is 168 Å². The number of amides is 1. The first-order valence-corrected chi connectivity index (χ1v) is 9.35. The summed E-state index contributed by atoms with van der Waals surface area (Å²) in [5, 5.41) is 12.6. The molecule has 1 saturated heterocycles. The molecule has 27 heavy (non-hydrogen) atoms. The predicted octanol–water partition coefficient (Wildman–Crippen LogP) is 3.35. The summed E-state index contributed by atoms with van der Waals surface area (Å²) in [4.78, 5) is 25.5. The number of carbonyl (C=O) groups is 2. The highest BCUT2D eigenvalue weighted by Crippen LogP contribution is 2.35. The van der Waals surface area contributed by atoms with Crippen LogP contribution in [0.15, 0.2) is 12.1 Å². The summed E-state index contributed by atoms with van der Waals surface area (Å²) in [6, 6.07) is 2.18. The fraction of sp³-hybridized carbons (Fsp3) is 0.556. The van der Waals surface area contributed by atoms with Gasteiger partial charge in [0.1, 0.15) is 11.6 Å². The van der Waals surface area contributed by atoms with E-state index in [1.165, 1.54) is 0 Å². The molecule has 1 heterocycles. The third-order valence-electron chi connectivity index (χ3n) is 3.83. The van der Waals surface area contributed by atoms with E-state index < -0.39 is 23.7 Å². The average Bonchev–Trinajstić information content (AvgIpc) is 2.52. The van der Waals surface area contributed by atoms with E-state index in [0.29, 0.717) is 47.6 Å². The molecule has 7 nitrogen and oxygen atoms in total. The van der Waals surface area contributed by atoms with Crippen LogP contribution in [-0.4, -0.2) is 55.1 Å². The van der Waals surface area contributed by atoms with E-state index in [4.69, 9.17) is 32.7 Å². The maximum Gasteiger partial charge on any atom is 0.408 e. The van der Waals surface area contributed by atoms with E-state index in [1.807, 2.05) is 4.90 Å². The highest BCUT2D eigenvalue weighted by Gasteiger charge is 2.25. The molecule has 9 heteroatoms. The largest absolute Gasteiger partial charge is 0.480 e. The Morgan fingerprint density at radius 3 is 2.30 bits per heavy atom. The minimum Gasteiger partial charge on any atom is -0.480 e. The maximum absolute atomic E-state index is 11.9. The molecule has 1 fully saturated rings. The molecule has 1 atom stereocenters. The van der Waals surface area contributed by atoms with E-state index in [1.54, 1.807) is 32.9 Å². The van der Waals surface area contributed by atoms with Gasteiger partial charge in [-0.05, 0) is 38.5 Å². The summed E-state index contributed by atoms with van der Waals surface area (Å²) in [5.74, 6) is -1.18. The highest BCUT2D eigenvalue weighted by molar-refractivity contribution is 6.39. The van der Waals surface area contributed by atoms with Crippen molar-refractivity contribution in [1.82, 2.24) is 5.32 Å². The fourth-order valence-corrected chi connectivity index (χ4v) is 3.48. The van der Waals surface area contributed by atoms with Crippen molar-refractivity contribution in [2.75, 3.05) is 31.2 Å². The van der Waals surface area contributed by atoms with E-state index in [2.05, 4.69) is 5.32 Å². The second kappa shape index (κ2) is 8.99. The van der Waals surface area contributed by atoms with Crippen LogP contribution >= 0.6 is 23.2 Å². The summed E-state index contributed by atoms with van der Waals surface area (Å²) in [6.07, 6.45) is -0.769. The first-order chi connectivity index (χ1) is 12.6. The van der Waals surface area contributed by atoms with Crippen molar-refractivity contribution in [3.8, 4) is 0 Å². The molecule has 2 rings (SSSR count). The minimum atomic E-state index is -1.18. The molecule has 0 spiro atoms. The van der Waals surface area contributed by atoms with Crippen molar-refractivity contribution in [2.45, 2.75) is 38.8 Å². The molecular formula is C18H24Cl2N2O5. The lowest BCUT2D eigenvalue weighted by atomic mass is 10.0. The van der Waals surface area contributed by atoms with Gasteiger partial charge >= 0.3 is 12.1 Å². The van der Waals surface area contributed by atoms with Gasteiger partial charge in [0, 0.05) is 19.5 Å². The van der Waals surface area contributed by atoms with Crippen molar-refractivity contribution < 1.29 is 24.2 Å². The van der Waals surface area contributed by atoms with Gasteiger partial charge in [0.05, 0.1) is 28.9 Å². The Hall–Kier alpha value is -1.70. The van der Waals surface area contributed by atoms with E-state index >= 15 is 0 Å². The Morgan fingerprint density at radius 1 is 1.26 bits per heavy atom. The average molecular weight is 419 g/mol. The van der Waals surface area contributed by atoms with Gasteiger partial charge < -0.3 is 24.8 Å². The number of carbonyl (C=O) groups excluding carboxylic acids is 1. The summed E-state index contributed by atoms with van der Waals surface area (Å²) >= 11 is 12.8. The lowest BCUT2D eigenvalue weighted by Gasteiger charge is -2.30. The molecule has 1 aromatic carbocycles. The molecule has 0 radical (unpaired) electrons. The maximum atomic E-state index is 11.9. The third kappa shape index (κ3) is 6.45. The lowest BCUT2D eigenvalue weighted by Crippen LogP contribution is -2.44. The molecule has 1 aliphatic heterocycles. The fourth-order valence-electron chi connectivity index (χ4n) is 2.71. The molecular weight excluding hydrogens is 395 g/mol. The molecule has 1 unspecified atom stereocenters. The van der Waals surface area contributed by atoms with E-state index in [0.717, 1.165) is 0 Å². The van der Waals surface area contributed by atoms with E-state index in [-0.39, 0.29) is 6.42 Å². The van der Waals surface area contributed by atoms with Gasteiger partial charge in [0.2, 0.25) is 0 Å². The van der Waals surface area contributed by atoms with Crippen LogP contribution in [0.1, 0.15) is 26.3 Å². The van der Waals surface area contributed by atoms with Gasteiger partial charge in [-0.3, -0.25) is 0 Å². The number of benzene rings is 1. The van der Waals surface area contributed by atoms with Crippen molar-refractivity contribution in [1.29, 1.82) is 0 Å². The van der Waals surface area contributed by atoms with Crippen LogP contribution < -0.4 is 10.2 Å². The Kier molecular flexibility index (Phi) is 7.19. The second-order valence-electron chi connectivity index (χ2n) is 7.25. The smallest absolute Gasteiger partial charge is 0.408 e.